The van der Waals surface area contributed by atoms with E-state index < -0.39 is 36.1 Å². The summed E-state index contributed by atoms with van der Waals surface area (Å²) in [4.78, 5) is 24.0. The van der Waals surface area contributed by atoms with E-state index in [1.807, 2.05) is 38.1 Å². The Morgan fingerprint density at radius 2 is 1.54 bits per heavy atom. The molecule has 0 fully saturated rings. The molecule has 0 unspecified atom stereocenters. The largest absolute Gasteiger partial charge is 0.462 e. The fourth-order valence-electron chi connectivity index (χ4n) is 3.49. The zero-order chi connectivity index (χ0) is 29.0. The van der Waals surface area contributed by atoms with Crippen molar-refractivity contribution in [2.45, 2.75) is 25.8 Å². The molecule has 1 amide bonds. The van der Waals surface area contributed by atoms with Crippen LogP contribution in [-0.2, 0) is 18.9 Å². The van der Waals surface area contributed by atoms with Crippen LogP contribution < -0.4 is 9.47 Å². The van der Waals surface area contributed by atoms with E-state index in [1.165, 1.54) is 13.2 Å². The fourth-order valence-corrected chi connectivity index (χ4v) is 3.49. The number of likely N-dealkylation sites (N-methyl/N-ethyl adjacent to an activating group) is 1. The van der Waals surface area contributed by atoms with Crippen molar-refractivity contribution >= 4 is 6.09 Å². The average molecular weight is 557 g/mol. The molecule has 0 N–H and O–H groups in total. The predicted molar refractivity (Wildman–Crippen MR) is 130 cm³/mol. The minimum absolute atomic E-state index is 0.0228. The van der Waals surface area contributed by atoms with Crippen molar-refractivity contribution in [1.82, 2.24) is 19.8 Å². The van der Waals surface area contributed by atoms with Crippen LogP contribution in [0.4, 0.5) is 31.1 Å². The van der Waals surface area contributed by atoms with Crippen molar-refractivity contribution < 1.29 is 40.6 Å². The number of rotatable bonds is 8. The number of hydrogen-bond donors (Lipinski definition) is 0. The van der Waals surface area contributed by atoms with E-state index in [1.54, 1.807) is 12.1 Å². The van der Waals surface area contributed by atoms with E-state index in [2.05, 4.69) is 9.97 Å². The Kier molecular flexibility index (Phi) is 9.05. The minimum atomic E-state index is -5.01. The number of alkyl halides is 6. The van der Waals surface area contributed by atoms with Crippen molar-refractivity contribution in [3.63, 3.8) is 0 Å². The van der Waals surface area contributed by atoms with Gasteiger partial charge in [-0.15, -0.1) is 0 Å². The number of nitrogens with zero attached hydrogens (tertiary/aromatic N) is 4. The zero-order valence-corrected chi connectivity index (χ0v) is 21.5. The van der Waals surface area contributed by atoms with Crippen LogP contribution >= 0.6 is 0 Å². The number of carbonyl (C=O) groups excluding carboxylic acids is 1. The maximum atomic E-state index is 13.2. The van der Waals surface area contributed by atoms with Crippen LogP contribution in [-0.4, -0.2) is 60.2 Å². The molecule has 1 heterocycles. The van der Waals surface area contributed by atoms with E-state index in [-0.39, 0.29) is 30.1 Å². The number of aromatic nitrogens is 2. The number of aryl methyl sites for hydroxylation is 1. The highest BCUT2D eigenvalue weighted by Crippen LogP contribution is 2.37. The van der Waals surface area contributed by atoms with Crippen LogP contribution in [0.2, 0.25) is 0 Å². The van der Waals surface area contributed by atoms with Gasteiger partial charge in [0.1, 0.15) is 6.61 Å². The summed E-state index contributed by atoms with van der Waals surface area (Å²) >= 11 is 0. The summed E-state index contributed by atoms with van der Waals surface area (Å²) in [7, 11) is 4.87. The monoisotopic (exact) mass is 556 g/mol. The van der Waals surface area contributed by atoms with E-state index in [9.17, 15) is 31.1 Å². The maximum Gasteiger partial charge on any atom is 0.416 e. The molecule has 0 saturated carbocycles. The summed E-state index contributed by atoms with van der Waals surface area (Å²) < 4.78 is 90.3. The molecule has 0 aliphatic rings. The zero-order valence-electron chi connectivity index (χ0n) is 21.5. The Morgan fingerprint density at radius 3 is 2.10 bits per heavy atom. The van der Waals surface area contributed by atoms with Gasteiger partial charge in [0.25, 0.3) is 0 Å². The Balaban J connectivity index is 1.90. The second-order valence-corrected chi connectivity index (χ2v) is 8.98. The highest BCUT2D eigenvalue weighted by Gasteiger charge is 2.37. The lowest BCUT2D eigenvalue weighted by atomic mass is 10.0. The summed E-state index contributed by atoms with van der Waals surface area (Å²) in [5, 5.41) is 0. The summed E-state index contributed by atoms with van der Waals surface area (Å²) in [6, 6.07) is 8.19. The molecule has 3 aromatic rings. The van der Waals surface area contributed by atoms with Crippen LogP contribution in [0.15, 0.2) is 48.7 Å². The summed E-state index contributed by atoms with van der Waals surface area (Å²) in [6.45, 7) is 2.02. The molecule has 0 atom stereocenters. The molecular formula is C26H26F6N4O3. The van der Waals surface area contributed by atoms with Gasteiger partial charge in [-0.25, -0.2) is 9.78 Å². The van der Waals surface area contributed by atoms with E-state index in [0.29, 0.717) is 29.8 Å². The molecule has 0 saturated heterocycles. The van der Waals surface area contributed by atoms with Gasteiger partial charge in [-0.1, -0.05) is 24.3 Å². The Labute approximate surface area is 221 Å². The van der Waals surface area contributed by atoms with Crippen molar-refractivity contribution in [3.05, 3.63) is 70.9 Å². The van der Waals surface area contributed by atoms with Crippen LogP contribution in [0.25, 0.3) is 11.1 Å². The molecule has 2 aromatic carbocycles. The normalized spacial score (nSPS) is 12.0. The number of halogens is 6. The lowest BCUT2D eigenvalue weighted by molar-refractivity contribution is -0.143. The van der Waals surface area contributed by atoms with E-state index in [4.69, 9.17) is 9.47 Å². The maximum absolute atomic E-state index is 13.2. The SMILES string of the molecule is Cc1ccccc1-c1cnc(OCCN(C)C)nc1OC(=O)N(C)Cc1cc(C(F)(F)F)cc(C(F)(F)F)c1. The lowest BCUT2D eigenvalue weighted by Gasteiger charge is -2.20. The number of carbonyl (C=O) groups is 1. The van der Waals surface area contributed by atoms with Crippen LogP contribution in [0.5, 0.6) is 11.9 Å². The average Bonchev–Trinajstić information content (AvgIpc) is 2.83. The smallest absolute Gasteiger partial charge is 0.416 e. The third-order valence-corrected chi connectivity index (χ3v) is 5.50. The molecule has 0 aliphatic heterocycles. The summed E-state index contributed by atoms with van der Waals surface area (Å²) in [5.41, 5.74) is -1.54. The standard InChI is InChI=1S/C26H26F6N4O3/c1-16-7-5-6-8-20(16)21-14-33-23(38-10-9-35(2)3)34-22(21)39-24(37)36(4)15-17-11-18(25(27,28)29)13-19(12-17)26(30,31)32/h5-8,11-14H,9-10,15H2,1-4H3. The number of benzene rings is 2. The first-order chi connectivity index (χ1) is 18.1. The van der Waals surface area contributed by atoms with Gasteiger partial charge in [0.15, 0.2) is 0 Å². The first-order valence-corrected chi connectivity index (χ1v) is 11.6. The van der Waals surface area contributed by atoms with Crippen molar-refractivity contribution in [2.24, 2.45) is 0 Å². The van der Waals surface area contributed by atoms with Gasteiger partial charge in [0.05, 0.1) is 16.7 Å². The second-order valence-electron chi connectivity index (χ2n) is 8.98. The Hall–Kier alpha value is -3.87. The lowest BCUT2D eigenvalue weighted by Crippen LogP contribution is -2.30. The van der Waals surface area contributed by atoms with Crippen molar-refractivity contribution in [2.75, 3.05) is 34.3 Å². The molecule has 39 heavy (non-hydrogen) atoms. The fraction of sp³-hybridized carbons (Fsp3) is 0.346. The third kappa shape index (κ3) is 8.06. The van der Waals surface area contributed by atoms with Gasteiger partial charge in [-0.05, 0) is 55.9 Å². The molecule has 0 aliphatic carbocycles. The van der Waals surface area contributed by atoms with E-state index in [0.717, 1.165) is 10.5 Å². The van der Waals surface area contributed by atoms with Crippen LogP contribution in [0.3, 0.4) is 0 Å². The third-order valence-electron chi connectivity index (χ3n) is 5.50. The summed E-state index contributed by atoms with van der Waals surface area (Å²) in [5.74, 6) is -0.184. The number of hydrogen-bond acceptors (Lipinski definition) is 6. The van der Waals surface area contributed by atoms with Gasteiger partial charge < -0.3 is 19.3 Å². The Bertz CT molecular complexity index is 1280. The minimum Gasteiger partial charge on any atom is -0.462 e. The van der Waals surface area contributed by atoms with Gasteiger partial charge in [-0.2, -0.15) is 31.3 Å². The molecule has 1 aromatic heterocycles. The van der Waals surface area contributed by atoms with E-state index >= 15 is 0 Å². The van der Waals surface area contributed by atoms with Crippen LogP contribution in [0, 0.1) is 6.92 Å². The number of ether oxygens (including phenoxy) is 2. The van der Waals surface area contributed by atoms with Gasteiger partial charge in [-0.3, -0.25) is 0 Å². The molecule has 7 nitrogen and oxygen atoms in total. The van der Waals surface area contributed by atoms with Gasteiger partial charge in [0.2, 0.25) is 5.88 Å². The quantitative estimate of drug-likeness (QED) is 0.314. The summed E-state index contributed by atoms with van der Waals surface area (Å²) in [6.07, 6.45) is -9.68. The Morgan fingerprint density at radius 1 is 0.923 bits per heavy atom. The van der Waals surface area contributed by atoms with Crippen LogP contribution in [0.1, 0.15) is 22.3 Å². The van der Waals surface area contributed by atoms with Gasteiger partial charge in [0, 0.05) is 26.3 Å². The number of amides is 1. The van der Waals surface area contributed by atoms with Gasteiger partial charge >= 0.3 is 24.5 Å². The molecule has 0 radical (unpaired) electrons. The first-order valence-electron chi connectivity index (χ1n) is 11.6. The molecular weight excluding hydrogens is 530 g/mol. The first kappa shape index (κ1) is 29.7. The van der Waals surface area contributed by atoms with Crippen molar-refractivity contribution in [3.8, 4) is 23.0 Å². The van der Waals surface area contributed by atoms with Crippen molar-refractivity contribution in [1.29, 1.82) is 0 Å². The topological polar surface area (TPSA) is 67.8 Å². The highest BCUT2D eigenvalue weighted by atomic mass is 19.4. The predicted octanol–water partition coefficient (Wildman–Crippen LogP) is 6.06. The molecule has 3 rings (SSSR count). The highest BCUT2D eigenvalue weighted by molar-refractivity contribution is 5.76. The molecule has 13 heteroatoms. The second kappa shape index (κ2) is 11.9. The molecule has 0 spiro atoms. The molecule has 0 bridgehead atoms. The molecule has 210 valence electrons.